The van der Waals surface area contributed by atoms with E-state index in [1.165, 1.54) is 12.1 Å². The summed E-state index contributed by atoms with van der Waals surface area (Å²) < 4.78 is 0. The second kappa shape index (κ2) is 6.87. The van der Waals surface area contributed by atoms with Crippen LogP contribution >= 0.6 is 27.5 Å². The van der Waals surface area contributed by atoms with Gasteiger partial charge < -0.3 is 10.2 Å². The highest BCUT2D eigenvalue weighted by molar-refractivity contribution is 9.08. The highest BCUT2D eigenvalue weighted by Gasteiger charge is 2.20. The van der Waals surface area contributed by atoms with Gasteiger partial charge in [0.05, 0.1) is 0 Å². The zero-order chi connectivity index (χ0) is 13.7. The SMILES string of the molecule is O=C(CCCl)c1ccc(C(O)C(=O)O)c(CBr)c1. The molecule has 0 radical (unpaired) electrons. The van der Waals surface area contributed by atoms with Crippen molar-refractivity contribution in [2.75, 3.05) is 5.88 Å². The average molecular weight is 336 g/mol. The van der Waals surface area contributed by atoms with E-state index in [-0.39, 0.29) is 23.6 Å². The molecule has 0 saturated heterocycles. The Morgan fingerprint density at radius 1 is 1.39 bits per heavy atom. The Bertz CT molecular complexity index is 461. The van der Waals surface area contributed by atoms with Gasteiger partial charge in [0.15, 0.2) is 11.9 Å². The molecule has 0 bridgehead atoms. The van der Waals surface area contributed by atoms with E-state index in [0.29, 0.717) is 16.5 Å². The van der Waals surface area contributed by atoms with Gasteiger partial charge in [-0.3, -0.25) is 4.79 Å². The number of ketones is 1. The number of carbonyl (C=O) groups excluding carboxylic acids is 1. The molecule has 6 heteroatoms. The van der Waals surface area contributed by atoms with Crippen molar-refractivity contribution in [3.63, 3.8) is 0 Å². The Balaban J connectivity index is 3.11. The molecular weight excluding hydrogens is 323 g/mol. The van der Waals surface area contributed by atoms with Gasteiger partial charge in [-0.2, -0.15) is 0 Å². The van der Waals surface area contributed by atoms with Crippen molar-refractivity contribution < 1.29 is 19.8 Å². The minimum absolute atomic E-state index is 0.108. The number of alkyl halides is 2. The first-order chi connectivity index (χ1) is 8.51. The van der Waals surface area contributed by atoms with E-state index < -0.39 is 12.1 Å². The molecule has 0 fully saturated rings. The second-order valence-corrected chi connectivity index (χ2v) is 4.59. The standard InChI is InChI=1S/C12H12BrClO4/c13-6-8-5-7(10(15)3-4-14)1-2-9(8)11(16)12(17)18/h1-2,5,11,16H,3-4,6H2,(H,17,18). The summed E-state index contributed by atoms with van der Waals surface area (Å²) in [4.78, 5) is 22.4. The number of halogens is 2. The Morgan fingerprint density at radius 3 is 2.56 bits per heavy atom. The molecule has 0 spiro atoms. The van der Waals surface area contributed by atoms with Crippen molar-refractivity contribution in [1.82, 2.24) is 0 Å². The molecule has 4 nitrogen and oxygen atoms in total. The van der Waals surface area contributed by atoms with Crippen LogP contribution in [0.15, 0.2) is 18.2 Å². The lowest BCUT2D eigenvalue weighted by molar-refractivity contribution is -0.147. The molecule has 0 aliphatic rings. The number of benzene rings is 1. The summed E-state index contributed by atoms with van der Waals surface area (Å²) in [6.45, 7) is 0. The summed E-state index contributed by atoms with van der Waals surface area (Å²) in [7, 11) is 0. The first-order valence-corrected chi connectivity index (χ1v) is 6.85. The fourth-order valence-corrected chi connectivity index (χ4v) is 2.18. The van der Waals surface area contributed by atoms with E-state index in [1.54, 1.807) is 6.07 Å². The van der Waals surface area contributed by atoms with E-state index >= 15 is 0 Å². The number of Topliss-reactive ketones (excluding diaryl/α,β-unsaturated/α-hetero) is 1. The van der Waals surface area contributed by atoms with Crippen molar-refractivity contribution in [3.05, 3.63) is 34.9 Å². The molecule has 1 unspecified atom stereocenters. The number of carboxylic acids is 1. The first-order valence-electron chi connectivity index (χ1n) is 5.20. The zero-order valence-corrected chi connectivity index (χ0v) is 11.7. The van der Waals surface area contributed by atoms with Gasteiger partial charge in [-0.15, -0.1) is 11.6 Å². The summed E-state index contributed by atoms with van der Waals surface area (Å²) in [6, 6.07) is 4.53. The summed E-state index contributed by atoms with van der Waals surface area (Å²) in [6.07, 6.45) is -1.36. The van der Waals surface area contributed by atoms with E-state index in [1.807, 2.05) is 0 Å². The number of aliphatic carboxylic acids is 1. The van der Waals surface area contributed by atoms with Gasteiger partial charge in [-0.25, -0.2) is 4.79 Å². The van der Waals surface area contributed by atoms with Gasteiger partial charge in [0, 0.05) is 23.2 Å². The lowest BCUT2D eigenvalue weighted by Crippen LogP contribution is -2.13. The van der Waals surface area contributed by atoms with Crippen molar-refractivity contribution in [1.29, 1.82) is 0 Å². The molecule has 1 atom stereocenters. The van der Waals surface area contributed by atoms with Crippen LogP contribution in [0.1, 0.15) is 34.0 Å². The maximum atomic E-state index is 11.6. The van der Waals surface area contributed by atoms with E-state index in [2.05, 4.69) is 15.9 Å². The fourth-order valence-electron chi connectivity index (χ4n) is 1.52. The number of aliphatic hydroxyl groups excluding tert-OH is 1. The number of aliphatic hydroxyl groups is 1. The van der Waals surface area contributed by atoms with Gasteiger partial charge in [-0.1, -0.05) is 28.1 Å². The van der Waals surface area contributed by atoms with Gasteiger partial charge >= 0.3 is 5.97 Å². The molecule has 0 aliphatic carbocycles. The molecule has 1 aromatic carbocycles. The van der Waals surface area contributed by atoms with Crippen LogP contribution in [0.2, 0.25) is 0 Å². The van der Waals surface area contributed by atoms with E-state index in [0.717, 1.165) is 0 Å². The van der Waals surface area contributed by atoms with Gasteiger partial charge in [0.1, 0.15) is 0 Å². The number of hydrogen-bond donors (Lipinski definition) is 2. The molecule has 0 amide bonds. The Labute approximate surface area is 118 Å². The van der Waals surface area contributed by atoms with Crippen LogP contribution < -0.4 is 0 Å². The molecule has 98 valence electrons. The summed E-state index contributed by atoms with van der Waals surface area (Å²) in [5.41, 5.74) is 1.32. The molecule has 0 heterocycles. The van der Waals surface area contributed by atoms with E-state index in [9.17, 15) is 14.7 Å². The van der Waals surface area contributed by atoms with Crippen LogP contribution in [0.25, 0.3) is 0 Å². The van der Waals surface area contributed by atoms with Gasteiger partial charge in [0.2, 0.25) is 0 Å². The van der Waals surface area contributed by atoms with Crippen LogP contribution in [0.5, 0.6) is 0 Å². The second-order valence-electron chi connectivity index (χ2n) is 3.65. The minimum atomic E-state index is -1.59. The molecule has 1 aromatic rings. The summed E-state index contributed by atoms with van der Waals surface area (Å²) >= 11 is 8.70. The maximum absolute atomic E-state index is 11.6. The topological polar surface area (TPSA) is 74.6 Å². The average Bonchev–Trinajstić information content (AvgIpc) is 2.37. The molecular formula is C12H12BrClO4. The zero-order valence-electron chi connectivity index (χ0n) is 9.40. The van der Waals surface area contributed by atoms with Crippen LogP contribution in [-0.4, -0.2) is 27.8 Å². The van der Waals surface area contributed by atoms with Crippen LogP contribution in [0, 0.1) is 0 Å². The highest BCUT2D eigenvalue weighted by atomic mass is 79.9. The van der Waals surface area contributed by atoms with Crippen LogP contribution in [0.3, 0.4) is 0 Å². The normalized spacial score (nSPS) is 12.2. The summed E-state index contributed by atoms with van der Waals surface area (Å²) in [5, 5.41) is 18.6. The number of hydrogen-bond acceptors (Lipinski definition) is 3. The molecule has 0 aliphatic heterocycles. The third-order valence-corrected chi connectivity index (χ3v) is 3.25. The Kier molecular flexibility index (Phi) is 5.78. The van der Waals surface area contributed by atoms with Crippen molar-refractivity contribution in [3.8, 4) is 0 Å². The van der Waals surface area contributed by atoms with Crippen molar-refractivity contribution >= 4 is 39.3 Å². The Hall–Kier alpha value is -0.910. The van der Waals surface area contributed by atoms with Crippen molar-refractivity contribution in [2.45, 2.75) is 17.9 Å². The quantitative estimate of drug-likeness (QED) is 0.619. The molecule has 1 rings (SSSR count). The smallest absolute Gasteiger partial charge is 0.337 e. The third kappa shape index (κ3) is 3.54. The van der Waals surface area contributed by atoms with Crippen LogP contribution in [0.4, 0.5) is 0 Å². The molecule has 2 N–H and O–H groups in total. The number of carboxylic acid groups (broad SMARTS) is 1. The van der Waals surface area contributed by atoms with Gasteiger partial charge in [-0.05, 0) is 17.2 Å². The number of rotatable bonds is 6. The van der Waals surface area contributed by atoms with Crippen molar-refractivity contribution in [2.24, 2.45) is 0 Å². The van der Waals surface area contributed by atoms with Gasteiger partial charge in [0.25, 0.3) is 0 Å². The minimum Gasteiger partial charge on any atom is -0.479 e. The molecule has 0 aromatic heterocycles. The predicted molar refractivity (Wildman–Crippen MR) is 71.3 cm³/mol. The van der Waals surface area contributed by atoms with Crippen LogP contribution in [-0.2, 0) is 10.1 Å². The largest absolute Gasteiger partial charge is 0.479 e. The number of carbonyl (C=O) groups is 2. The molecule has 18 heavy (non-hydrogen) atoms. The fraction of sp³-hybridized carbons (Fsp3) is 0.333. The lowest BCUT2D eigenvalue weighted by Gasteiger charge is -2.12. The van der Waals surface area contributed by atoms with E-state index in [4.69, 9.17) is 16.7 Å². The predicted octanol–water partition coefficient (Wildman–Crippen LogP) is 2.51. The Morgan fingerprint density at radius 2 is 2.06 bits per heavy atom. The highest BCUT2D eigenvalue weighted by Crippen LogP contribution is 2.23. The lowest BCUT2D eigenvalue weighted by atomic mass is 9.98. The monoisotopic (exact) mass is 334 g/mol. The molecule has 0 saturated carbocycles. The third-order valence-electron chi connectivity index (χ3n) is 2.46. The summed E-state index contributed by atoms with van der Waals surface area (Å²) in [5.74, 6) is -1.19. The first kappa shape index (κ1) is 15.1. The maximum Gasteiger partial charge on any atom is 0.337 e.